The minimum Gasteiger partial charge on any atom is -0.490 e. The minimum atomic E-state index is -0.651. The molecule has 2 aliphatic rings. The van der Waals surface area contributed by atoms with E-state index in [1.807, 2.05) is 0 Å². The third-order valence-corrected chi connectivity index (χ3v) is 5.58. The van der Waals surface area contributed by atoms with Gasteiger partial charge in [0.1, 0.15) is 35.5 Å². The van der Waals surface area contributed by atoms with Crippen molar-refractivity contribution < 1.29 is 18.7 Å². The van der Waals surface area contributed by atoms with Crippen molar-refractivity contribution in [2.45, 2.75) is 56.8 Å². The number of aromatic nitrogens is 2. The van der Waals surface area contributed by atoms with Crippen molar-refractivity contribution in [1.29, 1.82) is 0 Å². The largest absolute Gasteiger partial charge is 0.490 e. The van der Waals surface area contributed by atoms with Crippen LogP contribution in [-0.4, -0.2) is 46.4 Å². The highest BCUT2D eigenvalue weighted by atomic mass is 19.1. The first-order valence-corrected chi connectivity index (χ1v) is 10.0. The van der Waals surface area contributed by atoms with Gasteiger partial charge in [-0.25, -0.2) is 9.37 Å². The van der Waals surface area contributed by atoms with Crippen LogP contribution >= 0.6 is 0 Å². The molecule has 0 radical (unpaired) electrons. The Kier molecular flexibility index (Phi) is 5.52. The van der Waals surface area contributed by atoms with Gasteiger partial charge in [-0.15, -0.1) is 0 Å². The Morgan fingerprint density at radius 2 is 1.93 bits per heavy atom. The SMILES string of the molecule is CC(C=O)Nc1cc(C(N)=O)nc(N2C3CCC2CC(Oc2ccc(F)cc2)C3)n1. The highest BCUT2D eigenvalue weighted by Crippen LogP contribution is 2.39. The van der Waals surface area contributed by atoms with Gasteiger partial charge in [-0.1, -0.05) is 0 Å². The zero-order valence-corrected chi connectivity index (χ0v) is 16.6. The average Bonchev–Trinajstić information content (AvgIpc) is 3.00. The van der Waals surface area contributed by atoms with Crippen molar-refractivity contribution in [2.24, 2.45) is 5.73 Å². The quantitative estimate of drug-likeness (QED) is 0.670. The van der Waals surface area contributed by atoms with Crippen molar-refractivity contribution >= 4 is 24.0 Å². The summed E-state index contributed by atoms with van der Waals surface area (Å²) < 4.78 is 19.2. The predicted octanol–water partition coefficient (Wildman–Crippen LogP) is 2.29. The molecule has 0 spiro atoms. The number of fused-ring (bicyclic) bond motifs is 2. The number of halogens is 1. The van der Waals surface area contributed by atoms with E-state index in [9.17, 15) is 14.0 Å². The molecule has 2 fully saturated rings. The van der Waals surface area contributed by atoms with Gasteiger partial charge >= 0.3 is 0 Å². The van der Waals surface area contributed by atoms with Crippen LogP contribution in [0.15, 0.2) is 30.3 Å². The van der Waals surface area contributed by atoms with Crippen LogP contribution in [0.5, 0.6) is 5.75 Å². The van der Waals surface area contributed by atoms with E-state index >= 15 is 0 Å². The summed E-state index contributed by atoms with van der Waals surface area (Å²) in [5.74, 6) is 0.520. The Labute approximate surface area is 173 Å². The molecule has 1 aromatic carbocycles. The Morgan fingerprint density at radius 1 is 1.27 bits per heavy atom. The molecule has 4 rings (SSSR count). The van der Waals surface area contributed by atoms with Crippen LogP contribution in [0.2, 0.25) is 0 Å². The molecule has 2 aliphatic heterocycles. The van der Waals surface area contributed by atoms with E-state index < -0.39 is 11.9 Å². The Morgan fingerprint density at radius 3 is 2.53 bits per heavy atom. The Balaban J connectivity index is 1.54. The Hall–Kier alpha value is -3.23. The maximum absolute atomic E-state index is 13.1. The normalized spacial score (nSPS) is 23.7. The predicted molar refractivity (Wildman–Crippen MR) is 109 cm³/mol. The molecule has 2 aromatic rings. The number of benzene rings is 1. The van der Waals surface area contributed by atoms with Gasteiger partial charge in [0.05, 0.1) is 6.04 Å². The first kappa shape index (κ1) is 20.1. The molecular formula is C21H24FN5O3. The second kappa shape index (κ2) is 8.25. The van der Waals surface area contributed by atoms with E-state index in [2.05, 4.69) is 20.2 Å². The van der Waals surface area contributed by atoms with Gasteiger partial charge in [0.15, 0.2) is 0 Å². The number of amides is 1. The molecule has 3 unspecified atom stereocenters. The Bertz CT molecular complexity index is 925. The lowest BCUT2D eigenvalue weighted by Crippen LogP contribution is -2.47. The second-order valence-electron chi connectivity index (χ2n) is 7.83. The summed E-state index contributed by atoms with van der Waals surface area (Å²) in [5.41, 5.74) is 5.56. The molecule has 1 aromatic heterocycles. The zero-order valence-electron chi connectivity index (χ0n) is 16.6. The van der Waals surface area contributed by atoms with Gasteiger partial charge < -0.3 is 25.5 Å². The van der Waals surface area contributed by atoms with Crippen molar-refractivity contribution in [3.8, 4) is 5.75 Å². The lowest BCUT2D eigenvalue weighted by molar-refractivity contribution is -0.108. The molecule has 0 aliphatic carbocycles. The average molecular weight is 413 g/mol. The maximum atomic E-state index is 13.1. The van der Waals surface area contributed by atoms with Gasteiger partial charge in [0, 0.05) is 31.0 Å². The third kappa shape index (κ3) is 4.19. The molecule has 3 heterocycles. The number of rotatable bonds is 7. The number of carbonyl (C=O) groups excluding carboxylic acids is 2. The van der Waals surface area contributed by atoms with Gasteiger partial charge in [-0.3, -0.25) is 4.79 Å². The summed E-state index contributed by atoms with van der Waals surface area (Å²) in [5, 5.41) is 2.95. The van der Waals surface area contributed by atoms with Crippen molar-refractivity contribution in [1.82, 2.24) is 9.97 Å². The number of anilines is 2. The lowest BCUT2D eigenvalue weighted by Gasteiger charge is -2.39. The summed E-state index contributed by atoms with van der Waals surface area (Å²) in [6.07, 6.45) is 4.23. The highest BCUT2D eigenvalue weighted by molar-refractivity contribution is 5.92. The smallest absolute Gasteiger partial charge is 0.267 e. The van der Waals surface area contributed by atoms with Gasteiger partial charge in [0.25, 0.3) is 5.91 Å². The molecule has 9 heteroatoms. The molecule has 8 nitrogen and oxygen atoms in total. The molecule has 30 heavy (non-hydrogen) atoms. The number of ether oxygens (including phenoxy) is 1. The first-order valence-electron chi connectivity index (χ1n) is 10.0. The fourth-order valence-electron chi connectivity index (χ4n) is 4.27. The summed E-state index contributed by atoms with van der Waals surface area (Å²) in [6, 6.07) is 7.36. The molecule has 3 atom stereocenters. The van der Waals surface area contributed by atoms with E-state index in [1.54, 1.807) is 19.1 Å². The van der Waals surface area contributed by atoms with Crippen molar-refractivity contribution in [2.75, 3.05) is 10.2 Å². The van der Waals surface area contributed by atoms with Crippen molar-refractivity contribution in [3.05, 3.63) is 41.8 Å². The van der Waals surface area contributed by atoms with Crippen LogP contribution in [0, 0.1) is 5.82 Å². The lowest BCUT2D eigenvalue weighted by atomic mass is 10.00. The van der Waals surface area contributed by atoms with Crippen LogP contribution in [0.25, 0.3) is 0 Å². The number of carbonyl (C=O) groups is 2. The van der Waals surface area contributed by atoms with E-state index in [1.165, 1.54) is 18.2 Å². The number of nitrogens with zero attached hydrogens (tertiary/aromatic N) is 3. The summed E-state index contributed by atoms with van der Waals surface area (Å²) in [6.45, 7) is 1.70. The molecule has 3 N–H and O–H groups in total. The van der Waals surface area contributed by atoms with Gasteiger partial charge in [-0.2, -0.15) is 4.98 Å². The fraction of sp³-hybridized carbons (Fsp3) is 0.429. The summed E-state index contributed by atoms with van der Waals surface area (Å²) >= 11 is 0. The van der Waals surface area contributed by atoms with Gasteiger partial charge in [-0.05, 0) is 44.0 Å². The standard InChI is InChI=1S/C21H24FN5O3/c1-12(11-28)24-19-10-18(20(23)29)25-21(26-19)27-14-4-5-15(27)9-17(8-14)30-16-6-2-13(22)3-7-16/h2-3,6-7,10-12,14-15,17H,4-5,8-9H2,1H3,(H2,23,29)(H,24,25,26). The summed E-state index contributed by atoms with van der Waals surface area (Å²) in [4.78, 5) is 33.8. The number of aldehydes is 1. The molecular weight excluding hydrogens is 389 g/mol. The fourth-order valence-corrected chi connectivity index (χ4v) is 4.27. The van der Waals surface area contributed by atoms with E-state index in [4.69, 9.17) is 10.5 Å². The number of hydrogen-bond acceptors (Lipinski definition) is 7. The maximum Gasteiger partial charge on any atom is 0.267 e. The zero-order chi connectivity index (χ0) is 21.3. The number of hydrogen-bond donors (Lipinski definition) is 2. The van der Waals surface area contributed by atoms with E-state index in [-0.39, 0.29) is 29.7 Å². The molecule has 0 saturated carbocycles. The summed E-state index contributed by atoms with van der Waals surface area (Å²) in [7, 11) is 0. The third-order valence-electron chi connectivity index (χ3n) is 5.58. The number of nitrogens with two attached hydrogens (primary N) is 1. The van der Waals surface area contributed by atoms with Crippen LogP contribution in [0.4, 0.5) is 16.2 Å². The minimum absolute atomic E-state index is 0.0104. The van der Waals surface area contributed by atoms with Crippen LogP contribution in [0.1, 0.15) is 43.1 Å². The van der Waals surface area contributed by atoms with Crippen molar-refractivity contribution in [3.63, 3.8) is 0 Å². The molecule has 158 valence electrons. The molecule has 2 saturated heterocycles. The molecule has 2 bridgehead atoms. The highest BCUT2D eigenvalue weighted by Gasteiger charge is 2.43. The second-order valence-corrected chi connectivity index (χ2v) is 7.83. The first-order chi connectivity index (χ1) is 14.4. The van der Waals surface area contributed by atoms with Crippen LogP contribution in [-0.2, 0) is 4.79 Å². The number of primary amides is 1. The van der Waals surface area contributed by atoms with E-state index in [0.717, 1.165) is 32.0 Å². The number of nitrogens with one attached hydrogen (secondary N) is 1. The monoisotopic (exact) mass is 413 g/mol. The van der Waals surface area contributed by atoms with Gasteiger partial charge in [0.2, 0.25) is 5.95 Å². The van der Waals surface area contributed by atoms with E-state index in [0.29, 0.717) is 17.5 Å². The topological polar surface area (TPSA) is 110 Å². The van der Waals surface area contributed by atoms with Crippen LogP contribution in [0.3, 0.4) is 0 Å². The number of piperidine rings is 1. The molecule has 1 amide bonds. The van der Waals surface area contributed by atoms with Crippen LogP contribution < -0.4 is 20.7 Å².